The molecule has 1 atom stereocenters. The van der Waals surface area contributed by atoms with E-state index in [-0.39, 0.29) is 0 Å². The standard InChI is InChI=1S/C12H18N2O2/c1-10(15)11-4-2-5-13-12(11)14-6-3-8-16-9-7-14/h2,4-5,10,15H,3,6-9H2,1H3. The molecule has 0 radical (unpaired) electrons. The molecule has 2 heterocycles. The minimum absolute atomic E-state index is 0.479. The van der Waals surface area contributed by atoms with Gasteiger partial charge in [0.15, 0.2) is 0 Å². The molecule has 2 rings (SSSR count). The number of aromatic nitrogens is 1. The summed E-state index contributed by atoms with van der Waals surface area (Å²) in [7, 11) is 0. The molecule has 1 N–H and O–H groups in total. The van der Waals surface area contributed by atoms with E-state index in [1.54, 1.807) is 13.1 Å². The molecule has 1 aromatic heterocycles. The Balaban J connectivity index is 2.23. The first-order chi connectivity index (χ1) is 7.79. The van der Waals surface area contributed by atoms with Crippen LogP contribution in [-0.2, 0) is 4.74 Å². The van der Waals surface area contributed by atoms with Gasteiger partial charge in [-0.2, -0.15) is 0 Å². The summed E-state index contributed by atoms with van der Waals surface area (Å²) in [6.07, 6.45) is 2.30. The zero-order chi connectivity index (χ0) is 11.4. The van der Waals surface area contributed by atoms with E-state index in [9.17, 15) is 5.11 Å². The van der Waals surface area contributed by atoms with Gasteiger partial charge in [0, 0.05) is 31.5 Å². The van der Waals surface area contributed by atoms with Crippen LogP contribution in [0.2, 0.25) is 0 Å². The highest BCUT2D eigenvalue weighted by molar-refractivity contribution is 5.47. The second-order valence-corrected chi connectivity index (χ2v) is 4.05. The van der Waals surface area contributed by atoms with Gasteiger partial charge in [-0.3, -0.25) is 0 Å². The number of pyridine rings is 1. The smallest absolute Gasteiger partial charge is 0.134 e. The van der Waals surface area contributed by atoms with Crippen LogP contribution < -0.4 is 4.90 Å². The number of rotatable bonds is 2. The highest BCUT2D eigenvalue weighted by atomic mass is 16.5. The zero-order valence-electron chi connectivity index (χ0n) is 9.59. The summed E-state index contributed by atoms with van der Waals surface area (Å²) in [5.74, 6) is 0.892. The van der Waals surface area contributed by atoms with Gasteiger partial charge < -0.3 is 14.7 Å². The monoisotopic (exact) mass is 222 g/mol. The molecular weight excluding hydrogens is 204 g/mol. The number of ether oxygens (including phenoxy) is 1. The summed E-state index contributed by atoms with van der Waals surface area (Å²) in [5.41, 5.74) is 0.893. The van der Waals surface area contributed by atoms with Gasteiger partial charge in [-0.25, -0.2) is 4.98 Å². The molecule has 0 amide bonds. The van der Waals surface area contributed by atoms with Crippen LogP contribution in [0.4, 0.5) is 5.82 Å². The van der Waals surface area contributed by atoms with Gasteiger partial charge in [-0.15, -0.1) is 0 Å². The van der Waals surface area contributed by atoms with Crippen molar-refractivity contribution >= 4 is 5.82 Å². The van der Waals surface area contributed by atoms with E-state index in [1.807, 2.05) is 12.1 Å². The molecule has 0 saturated carbocycles. The van der Waals surface area contributed by atoms with Crippen molar-refractivity contribution in [3.05, 3.63) is 23.9 Å². The Bertz CT molecular complexity index is 334. The van der Waals surface area contributed by atoms with Crippen molar-refractivity contribution in [3.63, 3.8) is 0 Å². The number of aliphatic hydroxyl groups excluding tert-OH is 1. The van der Waals surface area contributed by atoms with Crippen LogP contribution in [0.1, 0.15) is 25.0 Å². The normalized spacial score (nSPS) is 19.2. The fraction of sp³-hybridized carbons (Fsp3) is 0.583. The van der Waals surface area contributed by atoms with Crippen LogP contribution in [-0.4, -0.2) is 36.4 Å². The van der Waals surface area contributed by atoms with Gasteiger partial charge >= 0.3 is 0 Å². The Morgan fingerprint density at radius 2 is 2.31 bits per heavy atom. The molecule has 0 bridgehead atoms. The lowest BCUT2D eigenvalue weighted by molar-refractivity contribution is 0.152. The SMILES string of the molecule is CC(O)c1cccnc1N1CCCOCC1. The molecule has 0 spiro atoms. The zero-order valence-corrected chi connectivity index (χ0v) is 9.59. The van der Waals surface area contributed by atoms with E-state index >= 15 is 0 Å². The van der Waals surface area contributed by atoms with Gasteiger partial charge in [0.05, 0.1) is 12.7 Å². The van der Waals surface area contributed by atoms with Crippen molar-refractivity contribution in [1.29, 1.82) is 0 Å². The molecule has 1 aliphatic heterocycles. The molecule has 0 aliphatic carbocycles. The quantitative estimate of drug-likeness (QED) is 0.820. The minimum Gasteiger partial charge on any atom is -0.389 e. The number of anilines is 1. The summed E-state index contributed by atoms with van der Waals surface area (Å²) >= 11 is 0. The molecule has 1 unspecified atom stereocenters. The molecule has 1 aromatic rings. The molecular formula is C12H18N2O2. The Morgan fingerprint density at radius 1 is 1.44 bits per heavy atom. The summed E-state index contributed by atoms with van der Waals surface area (Å²) < 4.78 is 5.41. The highest BCUT2D eigenvalue weighted by Crippen LogP contribution is 2.24. The minimum atomic E-state index is -0.479. The van der Waals surface area contributed by atoms with Gasteiger partial charge in [-0.1, -0.05) is 6.07 Å². The van der Waals surface area contributed by atoms with Crippen LogP contribution in [0.3, 0.4) is 0 Å². The van der Waals surface area contributed by atoms with Gasteiger partial charge in [0.2, 0.25) is 0 Å². The predicted molar refractivity (Wildman–Crippen MR) is 62.5 cm³/mol. The number of aliphatic hydroxyl groups is 1. The number of nitrogens with zero attached hydrogens (tertiary/aromatic N) is 2. The van der Waals surface area contributed by atoms with Crippen LogP contribution in [0.5, 0.6) is 0 Å². The van der Waals surface area contributed by atoms with Crippen LogP contribution in [0.15, 0.2) is 18.3 Å². The highest BCUT2D eigenvalue weighted by Gasteiger charge is 2.16. The largest absolute Gasteiger partial charge is 0.389 e. The molecule has 1 saturated heterocycles. The molecule has 0 aromatic carbocycles. The Labute approximate surface area is 95.9 Å². The van der Waals surface area contributed by atoms with E-state index in [2.05, 4.69) is 9.88 Å². The van der Waals surface area contributed by atoms with Crippen LogP contribution >= 0.6 is 0 Å². The molecule has 4 heteroatoms. The lowest BCUT2D eigenvalue weighted by atomic mass is 10.1. The maximum atomic E-state index is 9.71. The molecule has 1 aliphatic rings. The maximum absolute atomic E-state index is 9.71. The topological polar surface area (TPSA) is 45.6 Å². The lowest BCUT2D eigenvalue weighted by Crippen LogP contribution is -2.28. The Kier molecular flexibility index (Phi) is 3.74. The predicted octanol–water partition coefficient (Wildman–Crippen LogP) is 1.36. The third-order valence-electron chi connectivity index (χ3n) is 2.79. The fourth-order valence-electron chi connectivity index (χ4n) is 1.96. The maximum Gasteiger partial charge on any atom is 0.134 e. The second kappa shape index (κ2) is 5.27. The van der Waals surface area contributed by atoms with E-state index < -0.39 is 6.10 Å². The fourth-order valence-corrected chi connectivity index (χ4v) is 1.96. The molecule has 4 nitrogen and oxygen atoms in total. The summed E-state index contributed by atoms with van der Waals surface area (Å²) in [5, 5.41) is 9.71. The van der Waals surface area contributed by atoms with E-state index in [0.717, 1.165) is 44.1 Å². The van der Waals surface area contributed by atoms with Crippen molar-refractivity contribution in [2.24, 2.45) is 0 Å². The summed E-state index contributed by atoms with van der Waals surface area (Å²) in [6, 6.07) is 3.79. The third kappa shape index (κ3) is 2.51. The van der Waals surface area contributed by atoms with Crippen molar-refractivity contribution in [3.8, 4) is 0 Å². The third-order valence-corrected chi connectivity index (χ3v) is 2.79. The van der Waals surface area contributed by atoms with Crippen molar-refractivity contribution in [1.82, 2.24) is 4.98 Å². The van der Waals surface area contributed by atoms with Gasteiger partial charge in [0.25, 0.3) is 0 Å². The first-order valence-electron chi connectivity index (χ1n) is 5.74. The van der Waals surface area contributed by atoms with E-state index in [1.165, 1.54) is 0 Å². The average molecular weight is 222 g/mol. The van der Waals surface area contributed by atoms with Crippen LogP contribution in [0, 0.1) is 0 Å². The molecule has 16 heavy (non-hydrogen) atoms. The van der Waals surface area contributed by atoms with E-state index in [0.29, 0.717) is 0 Å². The molecule has 88 valence electrons. The number of hydrogen-bond donors (Lipinski definition) is 1. The Morgan fingerprint density at radius 3 is 3.12 bits per heavy atom. The van der Waals surface area contributed by atoms with E-state index in [4.69, 9.17) is 4.74 Å². The summed E-state index contributed by atoms with van der Waals surface area (Å²) in [6.45, 7) is 5.10. The van der Waals surface area contributed by atoms with Crippen molar-refractivity contribution in [2.75, 3.05) is 31.2 Å². The first-order valence-corrected chi connectivity index (χ1v) is 5.74. The average Bonchev–Trinajstić information content (AvgIpc) is 2.57. The second-order valence-electron chi connectivity index (χ2n) is 4.05. The van der Waals surface area contributed by atoms with Crippen LogP contribution in [0.25, 0.3) is 0 Å². The lowest BCUT2D eigenvalue weighted by Gasteiger charge is -2.24. The Hall–Kier alpha value is -1.13. The summed E-state index contributed by atoms with van der Waals surface area (Å²) in [4.78, 5) is 6.57. The number of hydrogen-bond acceptors (Lipinski definition) is 4. The van der Waals surface area contributed by atoms with Gasteiger partial charge in [0.1, 0.15) is 5.82 Å². The van der Waals surface area contributed by atoms with Crippen molar-refractivity contribution in [2.45, 2.75) is 19.4 Å². The van der Waals surface area contributed by atoms with Gasteiger partial charge in [-0.05, 0) is 19.4 Å². The molecule has 1 fully saturated rings. The first kappa shape index (κ1) is 11.4. The van der Waals surface area contributed by atoms with Crippen molar-refractivity contribution < 1.29 is 9.84 Å².